The number of nitrogens with zero attached hydrogens (tertiary/aromatic N) is 6. The molecule has 0 bridgehead atoms. The van der Waals surface area contributed by atoms with Gasteiger partial charge in [0.05, 0.1) is 0 Å². The van der Waals surface area contributed by atoms with E-state index in [2.05, 4.69) is 51.4 Å². The lowest BCUT2D eigenvalue weighted by molar-refractivity contribution is 0.213. The standard InChI is InChI=1S/C31H42N6O/c1-9-36(10-2)28-31(7,8)30(5,6)27(35-28)33-25(23-19-15-13-16-20-23)32-26(24-21-17-14-18-22-24)34-29(38)37(11-3)12-4/h13-22H,9-12H2,1-8H3/b32-25?,33-27?,34-26+. The summed E-state index contributed by atoms with van der Waals surface area (Å²) in [7, 11) is 0. The zero-order valence-corrected chi connectivity index (χ0v) is 24.2. The largest absolute Gasteiger partial charge is 0.360 e. The molecule has 0 atom stereocenters. The van der Waals surface area contributed by atoms with Crippen LogP contribution < -0.4 is 0 Å². The number of rotatable bonds is 6. The summed E-state index contributed by atoms with van der Waals surface area (Å²) in [4.78, 5) is 36.6. The van der Waals surface area contributed by atoms with Crippen molar-refractivity contribution in [2.75, 3.05) is 26.2 Å². The Hall–Kier alpha value is -3.61. The highest BCUT2D eigenvalue weighted by atomic mass is 16.2. The number of hydrogen-bond acceptors (Lipinski definition) is 2. The van der Waals surface area contributed by atoms with Gasteiger partial charge in [0.2, 0.25) is 0 Å². The Labute approximate surface area is 228 Å². The predicted octanol–water partition coefficient (Wildman–Crippen LogP) is 6.55. The van der Waals surface area contributed by atoms with Gasteiger partial charge in [0, 0.05) is 48.1 Å². The molecule has 0 saturated heterocycles. The zero-order chi connectivity index (χ0) is 27.9. The lowest BCUT2D eigenvalue weighted by atomic mass is 9.68. The Balaban J connectivity index is 2.26. The van der Waals surface area contributed by atoms with E-state index < -0.39 is 0 Å². The number of benzene rings is 2. The van der Waals surface area contributed by atoms with E-state index in [1.54, 1.807) is 4.90 Å². The van der Waals surface area contributed by atoms with Crippen LogP contribution in [0.15, 0.2) is 80.6 Å². The van der Waals surface area contributed by atoms with Crippen LogP contribution in [0.2, 0.25) is 0 Å². The molecule has 0 fully saturated rings. The third-order valence-electron chi connectivity index (χ3n) is 7.68. The molecule has 0 spiro atoms. The second kappa shape index (κ2) is 12.3. The Kier molecular flexibility index (Phi) is 9.36. The molecule has 2 aromatic rings. The van der Waals surface area contributed by atoms with Crippen molar-refractivity contribution in [2.45, 2.75) is 55.4 Å². The van der Waals surface area contributed by atoms with Gasteiger partial charge in [-0.25, -0.2) is 19.8 Å². The van der Waals surface area contributed by atoms with E-state index in [0.717, 1.165) is 35.9 Å². The van der Waals surface area contributed by atoms with Crippen LogP contribution in [-0.2, 0) is 0 Å². The molecule has 1 aliphatic heterocycles. The summed E-state index contributed by atoms with van der Waals surface area (Å²) in [5.74, 6) is 2.56. The monoisotopic (exact) mass is 514 g/mol. The maximum atomic E-state index is 13.0. The lowest BCUT2D eigenvalue weighted by Crippen LogP contribution is -2.45. The first-order valence-electron chi connectivity index (χ1n) is 13.6. The SMILES string of the molecule is CCN(CC)C(=O)/N=C(/N=C(N=C1N=C(N(CC)CC)C(C)(C)C1(C)C)c1ccccc1)c1ccccc1. The fraction of sp³-hybridized carbons (Fsp3) is 0.452. The minimum atomic E-state index is -0.346. The van der Waals surface area contributed by atoms with Crippen molar-refractivity contribution in [1.29, 1.82) is 0 Å². The molecule has 0 saturated carbocycles. The van der Waals surface area contributed by atoms with Gasteiger partial charge in [-0.1, -0.05) is 88.4 Å². The molecule has 1 heterocycles. The fourth-order valence-corrected chi connectivity index (χ4v) is 4.43. The summed E-state index contributed by atoms with van der Waals surface area (Å²) in [5.41, 5.74) is 1.01. The van der Waals surface area contributed by atoms with Crippen molar-refractivity contribution in [3.8, 4) is 0 Å². The van der Waals surface area contributed by atoms with E-state index in [9.17, 15) is 4.79 Å². The number of aliphatic imine (C=N–C) groups is 4. The Bertz CT molecular complexity index is 1220. The van der Waals surface area contributed by atoms with Crippen molar-refractivity contribution in [3.63, 3.8) is 0 Å². The van der Waals surface area contributed by atoms with Crippen LogP contribution in [0.3, 0.4) is 0 Å². The summed E-state index contributed by atoms with van der Waals surface area (Å²) in [6.45, 7) is 19.9. The molecule has 1 aliphatic rings. The first-order chi connectivity index (χ1) is 18.1. The van der Waals surface area contributed by atoms with Crippen molar-refractivity contribution >= 4 is 29.4 Å². The number of carbonyl (C=O) groups is 1. The van der Waals surface area contributed by atoms with E-state index >= 15 is 0 Å². The molecule has 7 nitrogen and oxygen atoms in total. The summed E-state index contributed by atoms with van der Waals surface area (Å²) in [6, 6.07) is 19.1. The van der Waals surface area contributed by atoms with E-state index in [1.807, 2.05) is 74.5 Å². The highest BCUT2D eigenvalue weighted by Gasteiger charge is 2.51. The number of amidine groups is 4. The minimum absolute atomic E-state index is 0.227. The van der Waals surface area contributed by atoms with Gasteiger partial charge in [-0.2, -0.15) is 4.99 Å². The predicted molar refractivity (Wildman–Crippen MR) is 160 cm³/mol. The molecule has 0 unspecified atom stereocenters. The van der Waals surface area contributed by atoms with Crippen molar-refractivity contribution in [1.82, 2.24) is 9.80 Å². The summed E-state index contributed by atoms with van der Waals surface area (Å²) in [5, 5.41) is 0. The Morgan fingerprint density at radius 2 is 1.21 bits per heavy atom. The molecule has 0 aromatic heterocycles. The van der Waals surface area contributed by atoms with Crippen LogP contribution in [0.25, 0.3) is 0 Å². The van der Waals surface area contributed by atoms with Gasteiger partial charge < -0.3 is 9.80 Å². The first-order valence-corrected chi connectivity index (χ1v) is 13.6. The fourth-order valence-electron chi connectivity index (χ4n) is 4.43. The molecule has 3 rings (SSSR count). The number of carbonyl (C=O) groups excluding carboxylic acids is 1. The van der Waals surface area contributed by atoms with Crippen LogP contribution in [0.1, 0.15) is 66.5 Å². The quantitative estimate of drug-likeness (QED) is 0.324. The summed E-state index contributed by atoms with van der Waals surface area (Å²) >= 11 is 0. The molecule has 0 radical (unpaired) electrons. The normalized spacial score (nSPS) is 17.9. The molecule has 0 aliphatic carbocycles. The molecular formula is C31H42N6O. The molecule has 0 N–H and O–H groups in total. The van der Waals surface area contributed by atoms with Gasteiger partial charge in [-0.05, 0) is 27.7 Å². The average molecular weight is 515 g/mol. The van der Waals surface area contributed by atoms with Gasteiger partial charge in [0.25, 0.3) is 0 Å². The second-order valence-corrected chi connectivity index (χ2v) is 10.4. The Morgan fingerprint density at radius 1 is 0.711 bits per heavy atom. The smallest absolute Gasteiger partial charge is 0.345 e. The van der Waals surface area contributed by atoms with Gasteiger partial charge >= 0.3 is 6.03 Å². The highest BCUT2D eigenvalue weighted by molar-refractivity contribution is 6.19. The molecule has 7 heteroatoms. The molecular weight excluding hydrogens is 472 g/mol. The van der Waals surface area contributed by atoms with Gasteiger partial charge in [-0.3, -0.25) is 0 Å². The van der Waals surface area contributed by atoms with Crippen molar-refractivity contribution in [3.05, 3.63) is 71.8 Å². The summed E-state index contributed by atoms with van der Waals surface area (Å²) in [6.07, 6.45) is 0. The van der Waals surface area contributed by atoms with Gasteiger partial charge in [-0.15, -0.1) is 0 Å². The molecule has 2 aromatic carbocycles. The molecule has 38 heavy (non-hydrogen) atoms. The number of amides is 2. The third kappa shape index (κ3) is 5.93. The topological polar surface area (TPSA) is 73.0 Å². The Morgan fingerprint density at radius 3 is 1.68 bits per heavy atom. The van der Waals surface area contributed by atoms with Crippen LogP contribution in [0.4, 0.5) is 4.79 Å². The van der Waals surface area contributed by atoms with E-state index in [4.69, 9.17) is 15.0 Å². The van der Waals surface area contributed by atoms with Crippen LogP contribution >= 0.6 is 0 Å². The van der Waals surface area contributed by atoms with Crippen molar-refractivity contribution < 1.29 is 4.79 Å². The van der Waals surface area contributed by atoms with Crippen LogP contribution in [-0.4, -0.2) is 65.4 Å². The van der Waals surface area contributed by atoms with E-state index in [1.165, 1.54) is 0 Å². The number of hydrogen-bond donors (Lipinski definition) is 0. The first kappa shape index (κ1) is 29.0. The van der Waals surface area contributed by atoms with E-state index in [-0.39, 0.29) is 16.9 Å². The van der Waals surface area contributed by atoms with Gasteiger partial charge in [0.1, 0.15) is 11.7 Å². The summed E-state index contributed by atoms with van der Waals surface area (Å²) < 4.78 is 0. The number of urea groups is 1. The van der Waals surface area contributed by atoms with Crippen LogP contribution in [0, 0.1) is 10.8 Å². The minimum Gasteiger partial charge on any atom is -0.360 e. The molecule has 202 valence electrons. The average Bonchev–Trinajstić information content (AvgIpc) is 3.09. The maximum absolute atomic E-state index is 13.0. The molecule has 2 amide bonds. The second-order valence-electron chi connectivity index (χ2n) is 10.4. The van der Waals surface area contributed by atoms with Crippen LogP contribution in [0.5, 0.6) is 0 Å². The third-order valence-corrected chi connectivity index (χ3v) is 7.68. The zero-order valence-electron chi connectivity index (χ0n) is 24.2. The van der Waals surface area contributed by atoms with Crippen molar-refractivity contribution in [2.24, 2.45) is 30.8 Å². The lowest BCUT2D eigenvalue weighted by Gasteiger charge is -2.38. The van der Waals surface area contributed by atoms with Gasteiger partial charge in [0.15, 0.2) is 11.7 Å². The highest BCUT2D eigenvalue weighted by Crippen LogP contribution is 2.47. The maximum Gasteiger partial charge on any atom is 0.345 e. The van der Waals surface area contributed by atoms with E-state index in [0.29, 0.717) is 24.8 Å².